The predicted octanol–water partition coefficient (Wildman–Crippen LogP) is 1.06. The Labute approximate surface area is 117 Å². The number of carboxylic acid groups (broad SMARTS) is 1. The molecule has 0 aromatic rings. The number of amides is 2. The third kappa shape index (κ3) is 4.58. The van der Waals surface area contributed by atoms with Crippen molar-refractivity contribution in [1.29, 1.82) is 0 Å². The number of hydrogen-bond donors (Lipinski definition) is 3. The second-order valence-corrected chi connectivity index (χ2v) is 6.78. The molecule has 1 aliphatic rings. The highest BCUT2D eigenvalue weighted by atomic mass is 32.2. The van der Waals surface area contributed by atoms with E-state index >= 15 is 0 Å². The molecule has 19 heavy (non-hydrogen) atoms. The van der Waals surface area contributed by atoms with Crippen molar-refractivity contribution in [2.75, 3.05) is 26.0 Å². The molecule has 0 unspecified atom stereocenters. The van der Waals surface area contributed by atoms with Gasteiger partial charge in [0.05, 0.1) is 0 Å². The fraction of sp³-hybridized carbons (Fsp3) is 0.833. The van der Waals surface area contributed by atoms with Crippen molar-refractivity contribution < 1.29 is 19.4 Å². The van der Waals surface area contributed by atoms with E-state index in [2.05, 4.69) is 10.6 Å². The van der Waals surface area contributed by atoms with Crippen LogP contribution < -0.4 is 10.6 Å². The average Bonchev–Trinajstić information content (AvgIpc) is 2.37. The summed E-state index contributed by atoms with van der Waals surface area (Å²) < 4.78 is 5.07. The van der Waals surface area contributed by atoms with Crippen molar-refractivity contribution in [2.24, 2.45) is 0 Å². The smallest absolute Gasteiger partial charge is 0.329 e. The van der Waals surface area contributed by atoms with Crippen LogP contribution in [0.5, 0.6) is 0 Å². The van der Waals surface area contributed by atoms with E-state index in [1.807, 2.05) is 20.1 Å². The first-order valence-electron chi connectivity index (χ1n) is 6.24. The van der Waals surface area contributed by atoms with Crippen molar-refractivity contribution in [3.8, 4) is 0 Å². The highest BCUT2D eigenvalue weighted by molar-refractivity contribution is 7.99. The number of urea groups is 1. The number of ether oxygens (including phenoxy) is 1. The van der Waals surface area contributed by atoms with Gasteiger partial charge in [-0.3, -0.25) is 0 Å². The normalized spacial score (nSPS) is 18.7. The van der Waals surface area contributed by atoms with Crippen LogP contribution in [0.3, 0.4) is 0 Å². The second-order valence-electron chi connectivity index (χ2n) is 5.27. The van der Waals surface area contributed by atoms with E-state index in [0.29, 0.717) is 32.6 Å². The quantitative estimate of drug-likeness (QED) is 0.705. The zero-order valence-electron chi connectivity index (χ0n) is 11.6. The Morgan fingerprint density at radius 1 is 1.37 bits per heavy atom. The van der Waals surface area contributed by atoms with Crippen LogP contribution in [0.4, 0.5) is 4.79 Å². The van der Waals surface area contributed by atoms with Gasteiger partial charge in [-0.1, -0.05) is 0 Å². The van der Waals surface area contributed by atoms with Crippen LogP contribution in [0, 0.1) is 0 Å². The fourth-order valence-electron chi connectivity index (χ4n) is 1.74. The van der Waals surface area contributed by atoms with Gasteiger partial charge in [-0.15, -0.1) is 0 Å². The standard InChI is InChI=1S/C12H22N2O4S/c1-11(2,19-3)8-13-10(17)14-12(9(15)16)4-6-18-7-5-12/h4-8H2,1-3H3,(H,15,16)(H2,13,14,17). The van der Waals surface area contributed by atoms with Crippen molar-refractivity contribution in [2.45, 2.75) is 37.0 Å². The van der Waals surface area contributed by atoms with Crippen LogP contribution in [0.2, 0.25) is 0 Å². The summed E-state index contributed by atoms with van der Waals surface area (Å²) in [5.74, 6) is -1.00. The van der Waals surface area contributed by atoms with Gasteiger partial charge in [0.15, 0.2) is 0 Å². The molecule has 3 N–H and O–H groups in total. The summed E-state index contributed by atoms with van der Waals surface area (Å²) in [7, 11) is 0. The van der Waals surface area contributed by atoms with Gasteiger partial charge in [0, 0.05) is 37.3 Å². The molecule has 1 aliphatic heterocycles. The molecule has 110 valence electrons. The number of carbonyl (C=O) groups excluding carboxylic acids is 1. The molecule has 0 aromatic heterocycles. The topological polar surface area (TPSA) is 87.7 Å². The van der Waals surface area contributed by atoms with Crippen molar-refractivity contribution in [3.63, 3.8) is 0 Å². The zero-order valence-corrected chi connectivity index (χ0v) is 12.4. The van der Waals surface area contributed by atoms with Gasteiger partial charge in [-0.05, 0) is 20.1 Å². The Bertz CT molecular complexity index is 341. The summed E-state index contributed by atoms with van der Waals surface area (Å²) in [4.78, 5) is 23.2. The van der Waals surface area contributed by atoms with Crippen LogP contribution in [0.15, 0.2) is 0 Å². The summed E-state index contributed by atoms with van der Waals surface area (Å²) in [5, 5.41) is 14.6. The van der Waals surface area contributed by atoms with Gasteiger partial charge in [0.25, 0.3) is 0 Å². The van der Waals surface area contributed by atoms with Crippen LogP contribution in [0.25, 0.3) is 0 Å². The maximum Gasteiger partial charge on any atom is 0.329 e. The first-order chi connectivity index (χ1) is 8.81. The van der Waals surface area contributed by atoms with Crippen molar-refractivity contribution >= 4 is 23.8 Å². The maximum absolute atomic E-state index is 11.8. The Balaban J connectivity index is 2.55. The number of hydrogen-bond acceptors (Lipinski definition) is 4. The highest BCUT2D eigenvalue weighted by Crippen LogP contribution is 2.22. The molecule has 0 bridgehead atoms. The minimum atomic E-state index is -1.20. The first kappa shape index (κ1) is 16.1. The molecule has 0 aliphatic carbocycles. The van der Waals surface area contributed by atoms with Crippen LogP contribution in [0.1, 0.15) is 26.7 Å². The van der Waals surface area contributed by atoms with Gasteiger partial charge in [0.2, 0.25) is 0 Å². The monoisotopic (exact) mass is 290 g/mol. The third-order valence-corrected chi connectivity index (χ3v) is 4.59. The lowest BCUT2D eigenvalue weighted by Gasteiger charge is -2.34. The SMILES string of the molecule is CSC(C)(C)CNC(=O)NC1(C(=O)O)CCOCC1. The molecule has 0 spiro atoms. The van der Waals surface area contributed by atoms with Crippen molar-refractivity contribution in [3.05, 3.63) is 0 Å². The summed E-state index contributed by atoms with van der Waals surface area (Å²) >= 11 is 1.64. The van der Waals surface area contributed by atoms with E-state index in [-0.39, 0.29) is 4.75 Å². The van der Waals surface area contributed by atoms with E-state index in [9.17, 15) is 14.7 Å². The molecular weight excluding hydrogens is 268 g/mol. The zero-order chi connectivity index (χ0) is 14.5. The Kier molecular flexibility index (Phi) is 5.49. The lowest BCUT2D eigenvalue weighted by Crippen LogP contribution is -2.60. The van der Waals surface area contributed by atoms with Crippen LogP contribution >= 0.6 is 11.8 Å². The van der Waals surface area contributed by atoms with Gasteiger partial charge in [0.1, 0.15) is 5.54 Å². The maximum atomic E-state index is 11.8. The molecule has 0 saturated carbocycles. The largest absolute Gasteiger partial charge is 0.480 e. The molecule has 7 heteroatoms. The predicted molar refractivity (Wildman–Crippen MR) is 74.5 cm³/mol. The summed E-state index contributed by atoms with van der Waals surface area (Å²) in [6.07, 6.45) is 2.56. The van der Waals surface area contributed by atoms with E-state index in [1.54, 1.807) is 11.8 Å². The molecule has 1 fully saturated rings. The van der Waals surface area contributed by atoms with Gasteiger partial charge in [-0.25, -0.2) is 9.59 Å². The van der Waals surface area contributed by atoms with E-state index in [0.717, 1.165) is 0 Å². The molecular formula is C12H22N2O4S. The van der Waals surface area contributed by atoms with Crippen LogP contribution in [-0.2, 0) is 9.53 Å². The molecule has 0 aromatic carbocycles. The minimum absolute atomic E-state index is 0.0800. The lowest BCUT2D eigenvalue weighted by atomic mass is 9.90. The number of carbonyl (C=O) groups is 2. The van der Waals surface area contributed by atoms with Gasteiger partial charge >= 0.3 is 12.0 Å². The number of rotatable bonds is 5. The summed E-state index contributed by atoms with van der Waals surface area (Å²) in [6, 6.07) is -0.438. The van der Waals surface area contributed by atoms with E-state index < -0.39 is 17.5 Å². The number of nitrogens with one attached hydrogen (secondary N) is 2. The number of aliphatic carboxylic acids is 1. The molecule has 1 rings (SSSR count). The lowest BCUT2D eigenvalue weighted by molar-refractivity contribution is -0.148. The number of thioether (sulfide) groups is 1. The highest BCUT2D eigenvalue weighted by Gasteiger charge is 2.41. The molecule has 1 saturated heterocycles. The molecule has 0 atom stereocenters. The fourth-order valence-corrected chi connectivity index (χ4v) is 1.96. The van der Waals surface area contributed by atoms with Gasteiger partial charge < -0.3 is 20.5 Å². The van der Waals surface area contributed by atoms with Crippen LogP contribution in [-0.4, -0.2) is 53.4 Å². The molecule has 0 radical (unpaired) electrons. The Morgan fingerprint density at radius 3 is 2.42 bits per heavy atom. The molecule has 6 nitrogen and oxygen atoms in total. The van der Waals surface area contributed by atoms with E-state index in [1.165, 1.54) is 0 Å². The average molecular weight is 290 g/mol. The Morgan fingerprint density at radius 2 is 1.95 bits per heavy atom. The third-order valence-electron chi connectivity index (χ3n) is 3.34. The van der Waals surface area contributed by atoms with Gasteiger partial charge in [-0.2, -0.15) is 11.8 Å². The summed E-state index contributed by atoms with van der Waals surface area (Å²) in [6.45, 7) is 5.21. The Hall–Kier alpha value is -0.950. The van der Waals surface area contributed by atoms with Crippen molar-refractivity contribution in [1.82, 2.24) is 10.6 Å². The first-order valence-corrected chi connectivity index (χ1v) is 7.46. The van der Waals surface area contributed by atoms with E-state index in [4.69, 9.17) is 4.74 Å². The molecule has 1 heterocycles. The summed E-state index contributed by atoms with van der Waals surface area (Å²) in [5.41, 5.74) is -1.20. The second kappa shape index (κ2) is 6.47. The number of carboxylic acids is 1. The minimum Gasteiger partial charge on any atom is -0.480 e. The molecule has 2 amide bonds.